The Labute approximate surface area is 93.3 Å². The number of nitrogens with one attached hydrogen (secondary N) is 1. The SMILES string of the molecule is O=C(O)c1ccc(CNCC2CC2)cc1F. The van der Waals surface area contributed by atoms with Gasteiger partial charge in [0.1, 0.15) is 5.82 Å². The average molecular weight is 223 g/mol. The molecule has 3 nitrogen and oxygen atoms in total. The molecule has 0 aromatic heterocycles. The van der Waals surface area contributed by atoms with Crippen LogP contribution in [0.15, 0.2) is 18.2 Å². The van der Waals surface area contributed by atoms with Crippen LogP contribution in [0, 0.1) is 11.7 Å². The first-order chi connectivity index (χ1) is 7.66. The Morgan fingerprint density at radius 2 is 2.25 bits per heavy atom. The second-order valence-corrected chi connectivity index (χ2v) is 4.19. The van der Waals surface area contributed by atoms with Gasteiger partial charge in [-0.2, -0.15) is 0 Å². The lowest BCUT2D eigenvalue weighted by atomic mass is 10.1. The molecule has 1 saturated carbocycles. The van der Waals surface area contributed by atoms with Crippen molar-refractivity contribution < 1.29 is 14.3 Å². The van der Waals surface area contributed by atoms with E-state index in [2.05, 4.69) is 5.32 Å². The maximum absolute atomic E-state index is 13.3. The van der Waals surface area contributed by atoms with Crippen LogP contribution in [0.1, 0.15) is 28.8 Å². The predicted octanol–water partition coefficient (Wildman–Crippen LogP) is 2.02. The van der Waals surface area contributed by atoms with Crippen molar-refractivity contribution in [1.29, 1.82) is 0 Å². The number of rotatable bonds is 5. The number of hydrogen-bond acceptors (Lipinski definition) is 2. The molecule has 1 aromatic carbocycles. The molecule has 0 aliphatic heterocycles. The Kier molecular flexibility index (Phi) is 3.19. The number of carboxylic acid groups (broad SMARTS) is 1. The summed E-state index contributed by atoms with van der Waals surface area (Å²) < 4.78 is 13.3. The highest BCUT2D eigenvalue weighted by Gasteiger charge is 2.20. The Bertz CT molecular complexity index is 402. The second-order valence-electron chi connectivity index (χ2n) is 4.19. The summed E-state index contributed by atoms with van der Waals surface area (Å²) in [5.41, 5.74) is 0.508. The van der Waals surface area contributed by atoms with E-state index in [1.54, 1.807) is 6.07 Å². The Balaban J connectivity index is 1.93. The van der Waals surface area contributed by atoms with Gasteiger partial charge >= 0.3 is 5.97 Å². The Morgan fingerprint density at radius 3 is 2.81 bits per heavy atom. The minimum absolute atomic E-state index is 0.272. The third-order valence-electron chi connectivity index (χ3n) is 2.72. The van der Waals surface area contributed by atoms with E-state index in [0.717, 1.165) is 18.0 Å². The van der Waals surface area contributed by atoms with E-state index >= 15 is 0 Å². The summed E-state index contributed by atoms with van der Waals surface area (Å²) in [5.74, 6) is -1.11. The number of hydrogen-bond donors (Lipinski definition) is 2. The molecule has 1 aliphatic rings. The molecule has 0 heterocycles. The Hall–Kier alpha value is -1.42. The van der Waals surface area contributed by atoms with Gasteiger partial charge in [-0.1, -0.05) is 6.07 Å². The fourth-order valence-corrected chi connectivity index (χ4v) is 1.58. The van der Waals surface area contributed by atoms with E-state index in [9.17, 15) is 9.18 Å². The normalized spacial score (nSPS) is 15.1. The molecule has 2 rings (SSSR count). The fourth-order valence-electron chi connectivity index (χ4n) is 1.58. The van der Waals surface area contributed by atoms with E-state index in [1.807, 2.05) is 0 Å². The largest absolute Gasteiger partial charge is 0.478 e. The molecule has 0 saturated heterocycles. The van der Waals surface area contributed by atoms with Crippen molar-refractivity contribution in [2.24, 2.45) is 5.92 Å². The number of benzene rings is 1. The van der Waals surface area contributed by atoms with Crippen LogP contribution in [0.4, 0.5) is 4.39 Å². The van der Waals surface area contributed by atoms with E-state index < -0.39 is 11.8 Å². The molecule has 1 fully saturated rings. The zero-order valence-electron chi connectivity index (χ0n) is 8.87. The third kappa shape index (κ3) is 2.79. The lowest BCUT2D eigenvalue weighted by molar-refractivity contribution is 0.0692. The molecule has 1 aliphatic carbocycles. The third-order valence-corrected chi connectivity index (χ3v) is 2.72. The van der Waals surface area contributed by atoms with Gasteiger partial charge < -0.3 is 10.4 Å². The minimum atomic E-state index is -1.23. The van der Waals surface area contributed by atoms with Crippen molar-refractivity contribution in [1.82, 2.24) is 5.32 Å². The standard InChI is InChI=1S/C12H14FNO2/c13-11-5-9(3-4-10(11)12(15)16)7-14-6-8-1-2-8/h3-5,8,14H,1-2,6-7H2,(H,15,16). The summed E-state index contributed by atoms with van der Waals surface area (Å²) in [6.45, 7) is 1.55. The molecule has 0 atom stereocenters. The first-order valence-corrected chi connectivity index (χ1v) is 5.39. The summed E-state index contributed by atoms with van der Waals surface area (Å²) in [4.78, 5) is 10.6. The van der Waals surface area contributed by atoms with Gasteiger partial charge in [-0.3, -0.25) is 0 Å². The minimum Gasteiger partial charge on any atom is -0.478 e. The molecule has 0 radical (unpaired) electrons. The average Bonchev–Trinajstić information content (AvgIpc) is 3.01. The number of halogens is 1. The summed E-state index contributed by atoms with van der Waals surface area (Å²) in [6.07, 6.45) is 2.55. The van der Waals surface area contributed by atoms with Gasteiger partial charge in [0.05, 0.1) is 5.56 Å². The zero-order valence-corrected chi connectivity index (χ0v) is 8.87. The van der Waals surface area contributed by atoms with E-state index in [-0.39, 0.29) is 5.56 Å². The van der Waals surface area contributed by atoms with Crippen LogP contribution in [-0.2, 0) is 6.54 Å². The highest BCUT2D eigenvalue weighted by atomic mass is 19.1. The molecular weight excluding hydrogens is 209 g/mol. The van der Waals surface area contributed by atoms with Crippen molar-refractivity contribution in [2.45, 2.75) is 19.4 Å². The van der Waals surface area contributed by atoms with Crippen LogP contribution in [0.3, 0.4) is 0 Å². The number of carbonyl (C=O) groups is 1. The van der Waals surface area contributed by atoms with Crippen LogP contribution >= 0.6 is 0 Å². The van der Waals surface area contributed by atoms with Crippen LogP contribution in [0.5, 0.6) is 0 Å². The number of aromatic carboxylic acids is 1. The van der Waals surface area contributed by atoms with Gasteiger partial charge in [0.2, 0.25) is 0 Å². The highest BCUT2D eigenvalue weighted by Crippen LogP contribution is 2.27. The van der Waals surface area contributed by atoms with E-state index in [4.69, 9.17) is 5.11 Å². The maximum atomic E-state index is 13.3. The topological polar surface area (TPSA) is 49.3 Å². The zero-order chi connectivity index (χ0) is 11.5. The summed E-state index contributed by atoms with van der Waals surface area (Å²) in [5, 5.41) is 11.9. The van der Waals surface area contributed by atoms with Crippen molar-refractivity contribution in [3.8, 4) is 0 Å². The van der Waals surface area contributed by atoms with Crippen molar-refractivity contribution in [3.63, 3.8) is 0 Å². The Morgan fingerprint density at radius 1 is 1.50 bits per heavy atom. The molecule has 1 aromatic rings. The molecule has 0 spiro atoms. The lowest BCUT2D eigenvalue weighted by Crippen LogP contribution is -2.16. The van der Waals surface area contributed by atoms with Crippen molar-refractivity contribution >= 4 is 5.97 Å². The van der Waals surface area contributed by atoms with Gasteiger partial charge in [0, 0.05) is 6.54 Å². The molecule has 2 N–H and O–H groups in total. The summed E-state index contributed by atoms with van der Waals surface area (Å²) >= 11 is 0. The number of carboxylic acids is 1. The highest BCUT2D eigenvalue weighted by molar-refractivity contribution is 5.87. The molecular formula is C12H14FNO2. The second kappa shape index (κ2) is 4.61. The van der Waals surface area contributed by atoms with Crippen molar-refractivity contribution in [3.05, 3.63) is 35.1 Å². The molecule has 4 heteroatoms. The van der Waals surface area contributed by atoms with E-state index in [0.29, 0.717) is 6.54 Å². The van der Waals surface area contributed by atoms with Gasteiger partial charge in [-0.15, -0.1) is 0 Å². The van der Waals surface area contributed by atoms with Gasteiger partial charge in [-0.25, -0.2) is 9.18 Å². The summed E-state index contributed by atoms with van der Waals surface area (Å²) in [7, 11) is 0. The maximum Gasteiger partial charge on any atom is 0.338 e. The molecule has 0 bridgehead atoms. The lowest BCUT2D eigenvalue weighted by Gasteiger charge is -2.05. The molecule has 16 heavy (non-hydrogen) atoms. The quantitative estimate of drug-likeness (QED) is 0.803. The first-order valence-electron chi connectivity index (χ1n) is 5.39. The van der Waals surface area contributed by atoms with Gasteiger partial charge in [0.25, 0.3) is 0 Å². The monoisotopic (exact) mass is 223 g/mol. The molecule has 86 valence electrons. The fraction of sp³-hybridized carbons (Fsp3) is 0.417. The van der Waals surface area contributed by atoms with Crippen LogP contribution < -0.4 is 5.32 Å². The van der Waals surface area contributed by atoms with Gasteiger partial charge in [0.15, 0.2) is 0 Å². The predicted molar refractivity (Wildman–Crippen MR) is 57.8 cm³/mol. The van der Waals surface area contributed by atoms with E-state index in [1.165, 1.54) is 25.0 Å². The van der Waals surface area contributed by atoms with Gasteiger partial charge in [-0.05, 0) is 43.0 Å². The summed E-state index contributed by atoms with van der Waals surface area (Å²) in [6, 6.07) is 4.24. The smallest absolute Gasteiger partial charge is 0.338 e. The first kappa shape index (κ1) is 11.1. The van der Waals surface area contributed by atoms with Crippen molar-refractivity contribution in [2.75, 3.05) is 6.54 Å². The van der Waals surface area contributed by atoms with Crippen LogP contribution in [0.2, 0.25) is 0 Å². The van der Waals surface area contributed by atoms with Crippen LogP contribution in [-0.4, -0.2) is 17.6 Å². The van der Waals surface area contributed by atoms with Crippen LogP contribution in [0.25, 0.3) is 0 Å². The molecule has 0 unspecified atom stereocenters. The molecule has 0 amide bonds.